The quantitative estimate of drug-likeness (QED) is 0.764. The zero-order valence-electron chi connectivity index (χ0n) is 9.93. The number of nitrogens with zero attached hydrogens (tertiary/aromatic N) is 3. The van der Waals surface area contributed by atoms with Gasteiger partial charge in [0.1, 0.15) is 0 Å². The molecule has 0 atom stereocenters. The molecule has 2 rings (SSSR count). The van der Waals surface area contributed by atoms with Gasteiger partial charge < -0.3 is 11.1 Å². The molecule has 3 N–H and O–H groups in total. The third-order valence-electron chi connectivity index (χ3n) is 2.52. The zero-order chi connectivity index (χ0) is 12.1. The Morgan fingerprint density at radius 1 is 1.29 bits per heavy atom. The van der Waals surface area contributed by atoms with E-state index in [1.54, 1.807) is 11.7 Å². The van der Waals surface area contributed by atoms with Gasteiger partial charge in [0, 0.05) is 25.7 Å². The Kier molecular flexibility index (Phi) is 3.59. The molecular formula is C12H17N5. The molecule has 0 aliphatic heterocycles. The maximum absolute atomic E-state index is 5.61. The van der Waals surface area contributed by atoms with Crippen molar-refractivity contribution in [3.05, 3.63) is 36.2 Å². The summed E-state index contributed by atoms with van der Waals surface area (Å²) < 4.78 is 1.60. The van der Waals surface area contributed by atoms with Crippen LogP contribution >= 0.6 is 0 Å². The maximum Gasteiger partial charge on any atom is 0.218 e. The lowest BCUT2D eigenvalue weighted by Crippen LogP contribution is -2.03. The van der Waals surface area contributed by atoms with Crippen molar-refractivity contribution in [1.29, 1.82) is 0 Å². The number of hydrogen-bond donors (Lipinski definition) is 2. The molecule has 17 heavy (non-hydrogen) atoms. The van der Waals surface area contributed by atoms with Crippen molar-refractivity contribution in [2.75, 3.05) is 17.6 Å². The van der Waals surface area contributed by atoms with Crippen LogP contribution in [0.1, 0.15) is 12.2 Å². The summed E-state index contributed by atoms with van der Waals surface area (Å²) in [6, 6.07) is 10.1. The number of anilines is 2. The average Bonchev–Trinajstić information content (AvgIpc) is 2.66. The third-order valence-corrected chi connectivity index (χ3v) is 2.52. The number of para-hydroxylation sites is 1. The first-order valence-electron chi connectivity index (χ1n) is 5.70. The van der Waals surface area contributed by atoms with Gasteiger partial charge in [-0.1, -0.05) is 18.2 Å². The molecule has 0 bridgehead atoms. The van der Waals surface area contributed by atoms with Crippen LogP contribution in [0.25, 0.3) is 0 Å². The van der Waals surface area contributed by atoms with Gasteiger partial charge in [0.05, 0.1) is 0 Å². The summed E-state index contributed by atoms with van der Waals surface area (Å²) in [6.07, 6.45) is 1.82. The van der Waals surface area contributed by atoms with E-state index in [0.717, 1.165) is 30.9 Å². The Bertz CT molecular complexity index is 444. The molecule has 0 amide bonds. The van der Waals surface area contributed by atoms with Gasteiger partial charge in [0.2, 0.25) is 5.95 Å². The van der Waals surface area contributed by atoms with Crippen molar-refractivity contribution in [3.63, 3.8) is 0 Å². The molecule has 1 heterocycles. The molecule has 0 spiro atoms. The molecule has 0 radical (unpaired) electrons. The predicted octanol–water partition coefficient (Wildman–Crippen LogP) is 1.44. The standard InChI is InChI=1S/C12H17N5/c1-17-12(13)15-11(16-17)8-5-9-14-10-6-3-2-4-7-10/h2-4,6-7,14H,5,8-9H2,1H3,(H2,13,15,16). The van der Waals surface area contributed by atoms with Crippen LogP contribution in [0, 0.1) is 0 Å². The monoisotopic (exact) mass is 231 g/mol. The molecule has 0 saturated heterocycles. The van der Waals surface area contributed by atoms with E-state index in [1.165, 1.54) is 0 Å². The smallest absolute Gasteiger partial charge is 0.218 e. The highest BCUT2D eigenvalue weighted by Gasteiger charge is 2.02. The summed E-state index contributed by atoms with van der Waals surface area (Å²) >= 11 is 0. The summed E-state index contributed by atoms with van der Waals surface area (Å²) in [7, 11) is 1.80. The minimum atomic E-state index is 0.469. The number of benzene rings is 1. The molecule has 0 aliphatic rings. The lowest BCUT2D eigenvalue weighted by molar-refractivity contribution is 0.732. The van der Waals surface area contributed by atoms with Crippen LogP contribution in [0.15, 0.2) is 30.3 Å². The predicted molar refractivity (Wildman–Crippen MR) is 68.7 cm³/mol. The fraction of sp³-hybridized carbons (Fsp3) is 0.333. The van der Waals surface area contributed by atoms with Gasteiger partial charge in [-0.3, -0.25) is 0 Å². The SMILES string of the molecule is Cn1nc(CCCNc2ccccc2)nc1N. The average molecular weight is 231 g/mol. The van der Waals surface area contributed by atoms with Crippen LogP contribution in [0.2, 0.25) is 0 Å². The Morgan fingerprint density at radius 2 is 2.06 bits per heavy atom. The number of aromatic nitrogens is 3. The first kappa shape index (κ1) is 11.4. The minimum absolute atomic E-state index is 0.469. The molecule has 1 aromatic heterocycles. The van der Waals surface area contributed by atoms with Crippen molar-refractivity contribution < 1.29 is 0 Å². The van der Waals surface area contributed by atoms with Crippen LogP contribution in [0.3, 0.4) is 0 Å². The van der Waals surface area contributed by atoms with Gasteiger partial charge in [-0.05, 0) is 18.6 Å². The highest BCUT2D eigenvalue weighted by atomic mass is 15.4. The maximum atomic E-state index is 5.61. The van der Waals surface area contributed by atoms with E-state index in [9.17, 15) is 0 Å². The molecule has 0 fully saturated rings. The highest BCUT2D eigenvalue weighted by molar-refractivity contribution is 5.42. The lowest BCUT2D eigenvalue weighted by atomic mass is 10.2. The molecule has 0 saturated carbocycles. The third kappa shape index (κ3) is 3.21. The van der Waals surface area contributed by atoms with E-state index < -0.39 is 0 Å². The highest BCUT2D eigenvalue weighted by Crippen LogP contribution is 2.06. The minimum Gasteiger partial charge on any atom is -0.385 e. The number of aryl methyl sites for hydroxylation is 2. The second-order valence-corrected chi connectivity index (χ2v) is 3.91. The van der Waals surface area contributed by atoms with Crippen LogP contribution in [-0.2, 0) is 13.5 Å². The Labute approximate surface area is 101 Å². The van der Waals surface area contributed by atoms with Gasteiger partial charge in [0.25, 0.3) is 0 Å². The summed E-state index contributed by atoms with van der Waals surface area (Å²) in [6.45, 7) is 0.905. The number of nitrogens with two attached hydrogens (primary N) is 1. The van der Waals surface area contributed by atoms with Gasteiger partial charge in [-0.2, -0.15) is 10.1 Å². The topological polar surface area (TPSA) is 68.8 Å². The van der Waals surface area contributed by atoms with Crippen LogP contribution < -0.4 is 11.1 Å². The fourth-order valence-corrected chi connectivity index (χ4v) is 1.59. The normalized spacial score (nSPS) is 10.4. The summed E-state index contributed by atoms with van der Waals surface area (Å²) in [5, 5.41) is 7.55. The second kappa shape index (κ2) is 5.34. The zero-order valence-corrected chi connectivity index (χ0v) is 9.93. The van der Waals surface area contributed by atoms with Crippen LogP contribution in [0.5, 0.6) is 0 Å². The number of hydrogen-bond acceptors (Lipinski definition) is 4. The largest absolute Gasteiger partial charge is 0.385 e. The van der Waals surface area contributed by atoms with E-state index in [2.05, 4.69) is 27.5 Å². The molecule has 2 aromatic rings. The molecular weight excluding hydrogens is 214 g/mol. The van der Waals surface area contributed by atoms with Gasteiger partial charge >= 0.3 is 0 Å². The molecule has 0 aliphatic carbocycles. The second-order valence-electron chi connectivity index (χ2n) is 3.91. The van der Waals surface area contributed by atoms with E-state index in [1.807, 2.05) is 18.2 Å². The van der Waals surface area contributed by atoms with Crippen LogP contribution in [-0.4, -0.2) is 21.3 Å². The first-order valence-corrected chi connectivity index (χ1v) is 5.70. The van der Waals surface area contributed by atoms with E-state index in [-0.39, 0.29) is 0 Å². The van der Waals surface area contributed by atoms with E-state index in [0.29, 0.717) is 5.95 Å². The molecule has 0 unspecified atom stereocenters. The fourth-order valence-electron chi connectivity index (χ4n) is 1.59. The lowest BCUT2D eigenvalue weighted by Gasteiger charge is -2.04. The van der Waals surface area contributed by atoms with Crippen molar-refractivity contribution >= 4 is 11.6 Å². The Hall–Kier alpha value is -2.04. The Morgan fingerprint density at radius 3 is 2.71 bits per heavy atom. The molecule has 90 valence electrons. The van der Waals surface area contributed by atoms with Crippen molar-refractivity contribution in [2.24, 2.45) is 7.05 Å². The van der Waals surface area contributed by atoms with E-state index >= 15 is 0 Å². The number of nitrogens with one attached hydrogen (secondary N) is 1. The summed E-state index contributed by atoms with van der Waals surface area (Å²) in [5.41, 5.74) is 6.75. The van der Waals surface area contributed by atoms with Crippen LogP contribution in [0.4, 0.5) is 11.6 Å². The molecule has 1 aromatic carbocycles. The van der Waals surface area contributed by atoms with Gasteiger partial charge in [-0.15, -0.1) is 0 Å². The first-order chi connectivity index (χ1) is 8.25. The molecule has 5 heteroatoms. The van der Waals surface area contributed by atoms with Gasteiger partial charge in [0.15, 0.2) is 5.82 Å². The number of rotatable bonds is 5. The number of nitrogen functional groups attached to an aromatic ring is 1. The van der Waals surface area contributed by atoms with Crippen molar-refractivity contribution in [1.82, 2.24) is 14.8 Å². The van der Waals surface area contributed by atoms with Crippen molar-refractivity contribution in [3.8, 4) is 0 Å². The Balaban J connectivity index is 1.73. The summed E-state index contributed by atoms with van der Waals surface area (Å²) in [5.74, 6) is 1.27. The molecule has 5 nitrogen and oxygen atoms in total. The van der Waals surface area contributed by atoms with Gasteiger partial charge in [-0.25, -0.2) is 4.68 Å². The summed E-state index contributed by atoms with van der Waals surface area (Å²) in [4.78, 5) is 4.16. The van der Waals surface area contributed by atoms with E-state index in [4.69, 9.17) is 5.73 Å². The van der Waals surface area contributed by atoms with Crippen molar-refractivity contribution in [2.45, 2.75) is 12.8 Å².